The quantitative estimate of drug-likeness (QED) is 0.661. The smallest absolute Gasteiger partial charge is 0.0937 e. The number of rotatable bonds is 2. The molecule has 1 nitrogen and oxygen atoms in total. The number of hydrogen-bond donors (Lipinski definition) is 0. The van der Waals surface area contributed by atoms with Gasteiger partial charge in [0.25, 0.3) is 0 Å². The third-order valence-corrected chi connectivity index (χ3v) is 3.89. The highest BCUT2D eigenvalue weighted by atomic mass is 16.3. The number of allylic oxidation sites excluding steroid dienone is 2. The van der Waals surface area contributed by atoms with Crippen LogP contribution in [0.15, 0.2) is 34.7 Å². The highest BCUT2D eigenvalue weighted by molar-refractivity contribution is 5.21. The first-order valence-electron chi connectivity index (χ1n) is 6.31. The van der Waals surface area contributed by atoms with Crippen LogP contribution in [-0.4, -0.2) is 0 Å². The van der Waals surface area contributed by atoms with Crippen molar-refractivity contribution in [3.05, 3.63) is 35.8 Å². The first-order chi connectivity index (χ1) is 7.59. The molecule has 1 saturated carbocycles. The van der Waals surface area contributed by atoms with E-state index in [1.54, 1.807) is 11.8 Å². The molecule has 1 fully saturated rings. The predicted octanol–water partition coefficient (Wildman–Crippen LogP) is 4.59. The summed E-state index contributed by atoms with van der Waals surface area (Å²) in [5.41, 5.74) is 3.31. The molecule has 0 aliphatic heterocycles. The van der Waals surface area contributed by atoms with Crippen molar-refractivity contribution in [2.24, 2.45) is 11.3 Å². The molecule has 0 bridgehead atoms. The summed E-state index contributed by atoms with van der Waals surface area (Å²) in [6.45, 7) is 7.12. The molecular formula is C15H22O. The number of hydrogen-bond acceptors (Lipinski definition) is 1. The highest BCUT2D eigenvalue weighted by Gasteiger charge is 2.30. The third kappa shape index (κ3) is 2.40. The van der Waals surface area contributed by atoms with Gasteiger partial charge in [-0.2, -0.15) is 0 Å². The van der Waals surface area contributed by atoms with Crippen molar-refractivity contribution in [2.45, 2.75) is 46.5 Å². The second-order valence-electron chi connectivity index (χ2n) is 5.67. The lowest BCUT2D eigenvalue weighted by molar-refractivity contribution is 0.288. The highest BCUT2D eigenvalue weighted by Crippen LogP contribution is 2.43. The third-order valence-electron chi connectivity index (χ3n) is 3.89. The van der Waals surface area contributed by atoms with Crippen LogP contribution in [0.25, 0.3) is 0 Å². The lowest BCUT2D eigenvalue weighted by atomic mass is 9.68. The molecule has 1 aliphatic carbocycles. The zero-order chi connectivity index (χ0) is 11.6. The molecule has 0 N–H and O–H groups in total. The normalized spacial score (nSPS) is 27.2. The van der Waals surface area contributed by atoms with Gasteiger partial charge in [-0.05, 0) is 42.2 Å². The van der Waals surface area contributed by atoms with Crippen molar-refractivity contribution < 1.29 is 4.42 Å². The zero-order valence-electron chi connectivity index (χ0n) is 10.6. The minimum absolute atomic E-state index is 0.390. The minimum atomic E-state index is 0.390. The average molecular weight is 218 g/mol. The maximum absolute atomic E-state index is 5.10. The maximum Gasteiger partial charge on any atom is 0.0937 e. The van der Waals surface area contributed by atoms with Gasteiger partial charge < -0.3 is 4.42 Å². The van der Waals surface area contributed by atoms with Crippen LogP contribution in [0, 0.1) is 11.3 Å². The zero-order valence-corrected chi connectivity index (χ0v) is 10.6. The first-order valence-corrected chi connectivity index (χ1v) is 6.31. The van der Waals surface area contributed by atoms with E-state index in [0.717, 1.165) is 12.3 Å². The second kappa shape index (κ2) is 4.48. The molecule has 16 heavy (non-hydrogen) atoms. The molecule has 1 heteroatoms. The SMILES string of the molecule is C[C@H]1CCCC(C)(C)C1=CCc1ccoc1. The summed E-state index contributed by atoms with van der Waals surface area (Å²) >= 11 is 0. The van der Waals surface area contributed by atoms with E-state index in [-0.39, 0.29) is 0 Å². The van der Waals surface area contributed by atoms with Crippen LogP contribution in [0.2, 0.25) is 0 Å². The summed E-state index contributed by atoms with van der Waals surface area (Å²) in [5, 5.41) is 0. The Balaban J connectivity index is 2.13. The van der Waals surface area contributed by atoms with Crippen LogP contribution >= 0.6 is 0 Å². The summed E-state index contributed by atoms with van der Waals surface area (Å²) < 4.78 is 5.10. The summed E-state index contributed by atoms with van der Waals surface area (Å²) in [5.74, 6) is 0.746. The maximum atomic E-state index is 5.10. The van der Waals surface area contributed by atoms with Gasteiger partial charge in [-0.25, -0.2) is 0 Å². The van der Waals surface area contributed by atoms with Crippen molar-refractivity contribution in [3.63, 3.8) is 0 Å². The minimum Gasteiger partial charge on any atom is -0.472 e. The molecule has 0 amide bonds. The fourth-order valence-corrected chi connectivity index (χ4v) is 2.93. The Kier molecular flexibility index (Phi) is 3.22. The Labute approximate surface area is 98.5 Å². The van der Waals surface area contributed by atoms with Crippen molar-refractivity contribution >= 4 is 0 Å². The molecule has 1 aromatic rings. The molecule has 0 saturated heterocycles. The topological polar surface area (TPSA) is 13.1 Å². The first kappa shape index (κ1) is 11.5. The van der Waals surface area contributed by atoms with Gasteiger partial charge in [0.15, 0.2) is 0 Å². The van der Waals surface area contributed by atoms with Crippen LogP contribution in [-0.2, 0) is 6.42 Å². The molecule has 1 heterocycles. The van der Waals surface area contributed by atoms with Gasteiger partial charge in [0.1, 0.15) is 0 Å². The standard InChI is InChI=1S/C15H22O/c1-12-5-4-9-15(2,3)14(12)7-6-13-8-10-16-11-13/h7-8,10-12H,4-6,9H2,1-3H3/t12-/m0/s1. The van der Waals surface area contributed by atoms with Gasteiger partial charge in [-0.3, -0.25) is 0 Å². The monoisotopic (exact) mass is 218 g/mol. The summed E-state index contributed by atoms with van der Waals surface area (Å²) in [6, 6.07) is 2.05. The molecule has 1 atom stereocenters. The van der Waals surface area contributed by atoms with Crippen molar-refractivity contribution in [3.8, 4) is 0 Å². The predicted molar refractivity (Wildman–Crippen MR) is 67.3 cm³/mol. The molecule has 0 spiro atoms. The van der Waals surface area contributed by atoms with Crippen LogP contribution in [0.1, 0.15) is 45.6 Å². The van der Waals surface area contributed by atoms with Crippen LogP contribution in [0.4, 0.5) is 0 Å². The average Bonchev–Trinajstić information content (AvgIpc) is 2.68. The van der Waals surface area contributed by atoms with Crippen LogP contribution < -0.4 is 0 Å². The molecule has 2 rings (SSSR count). The summed E-state index contributed by atoms with van der Waals surface area (Å²) in [7, 11) is 0. The fraction of sp³-hybridized carbons (Fsp3) is 0.600. The van der Waals surface area contributed by atoms with E-state index in [1.165, 1.54) is 24.8 Å². The molecule has 0 radical (unpaired) electrons. The lowest BCUT2D eigenvalue weighted by Gasteiger charge is -2.37. The molecule has 0 aromatic carbocycles. The van der Waals surface area contributed by atoms with Gasteiger partial charge in [0, 0.05) is 0 Å². The van der Waals surface area contributed by atoms with Crippen LogP contribution in [0.5, 0.6) is 0 Å². The van der Waals surface area contributed by atoms with Crippen molar-refractivity contribution in [2.75, 3.05) is 0 Å². The second-order valence-corrected chi connectivity index (χ2v) is 5.67. The molecule has 1 aromatic heterocycles. The molecule has 0 unspecified atom stereocenters. The largest absolute Gasteiger partial charge is 0.472 e. The summed E-state index contributed by atoms with van der Waals surface area (Å²) in [4.78, 5) is 0. The van der Waals surface area contributed by atoms with E-state index < -0.39 is 0 Å². The van der Waals surface area contributed by atoms with Gasteiger partial charge in [0.2, 0.25) is 0 Å². The Bertz CT molecular complexity index is 357. The van der Waals surface area contributed by atoms with Gasteiger partial charge in [-0.15, -0.1) is 0 Å². The van der Waals surface area contributed by atoms with E-state index >= 15 is 0 Å². The van der Waals surface area contributed by atoms with Crippen molar-refractivity contribution in [1.29, 1.82) is 0 Å². The van der Waals surface area contributed by atoms with Crippen LogP contribution in [0.3, 0.4) is 0 Å². The lowest BCUT2D eigenvalue weighted by Crippen LogP contribution is -2.25. The van der Waals surface area contributed by atoms with Crippen molar-refractivity contribution in [1.82, 2.24) is 0 Å². The van der Waals surface area contributed by atoms with E-state index in [9.17, 15) is 0 Å². The van der Waals surface area contributed by atoms with Gasteiger partial charge in [0.05, 0.1) is 12.5 Å². The Hall–Kier alpha value is -0.980. The van der Waals surface area contributed by atoms with E-state index in [4.69, 9.17) is 4.42 Å². The number of furan rings is 1. The summed E-state index contributed by atoms with van der Waals surface area (Å²) in [6.07, 6.45) is 11.1. The Morgan fingerprint density at radius 2 is 2.31 bits per heavy atom. The van der Waals surface area contributed by atoms with E-state index in [1.807, 2.05) is 6.26 Å². The van der Waals surface area contributed by atoms with Gasteiger partial charge >= 0.3 is 0 Å². The van der Waals surface area contributed by atoms with E-state index in [0.29, 0.717) is 5.41 Å². The fourth-order valence-electron chi connectivity index (χ4n) is 2.93. The van der Waals surface area contributed by atoms with E-state index in [2.05, 4.69) is 32.9 Å². The Morgan fingerprint density at radius 1 is 1.50 bits per heavy atom. The molecule has 88 valence electrons. The molecular weight excluding hydrogens is 196 g/mol. The molecule has 1 aliphatic rings. The Morgan fingerprint density at radius 3 is 2.94 bits per heavy atom. The van der Waals surface area contributed by atoms with Gasteiger partial charge in [-0.1, -0.05) is 38.8 Å².